The fourth-order valence-electron chi connectivity index (χ4n) is 4.00. The lowest BCUT2D eigenvalue weighted by molar-refractivity contribution is -0.115. The Kier molecular flexibility index (Phi) is 10.6. The van der Waals surface area contributed by atoms with Crippen LogP contribution >= 0.6 is 23.4 Å². The van der Waals surface area contributed by atoms with Crippen LogP contribution in [0.15, 0.2) is 114 Å². The molecule has 4 aromatic carbocycles. The molecule has 0 aliphatic rings. The average Bonchev–Trinajstić information content (AvgIpc) is 2.97. The smallest absolute Gasteiger partial charge is 0.272 e. The summed E-state index contributed by atoms with van der Waals surface area (Å²) in [4.78, 5) is 39.9. The van der Waals surface area contributed by atoms with Crippen LogP contribution in [0.25, 0.3) is 6.08 Å². The largest absolute Gasteiger partial charge is 0.325 e. The molecule has 0 saturated carbocycles. The van der Waals surface area contributed by atoms with E-state index in [0.717, 1.165) is 10.6 Å². The second-order valence-corrected chi connectivity index (χ2v) is 11.8. The van der Waals surface area contributed by atoms with Crippen LogP contribution < -0.4 is 16.0 Å². The number of thioether (sulfide) groups is 1. The van der Waals surface area contributed by atoms with Gasteiger partial charge in [0.1, 0.15) is 5.70 Å². The van der Waals surface area contributed by atoms with E-state index in [0.29, 0.717) is 27.8 Å². The quantitative estimate of drug-likeness (QED) is 0.128. The van der Waals surface area contributed by atoms with Crippen molar-refractivity contribution in [1.82, 2.24) is 5.32 Å². The number of rotatable bonds is 10. The molecule has 0 radical (unpaired) electrons. The molecule has 0 spiro atoms. The van der Waals surface area contributed by atoms with Crippen LogP contribution in [0.3, 0.4) is 0 Å². The minimum Gasteiger partial charge on any atom is -0.325 e. The average molecular weight is 598 g/mol. The summed E-state index contributed by atoms with van der Waals surface area (Å²) in [5, 5.41) is 8.67. The van der Waals surface area contributed by atoms with Gasteiger partial charge in [-0.25, -0.2) is 0 Å². The molecule has 3 amide bonds. The molecule has 0 aromatic heterocycles. The lowest BCUT2D eigenvalue weighted by Gasteiger charge is -2.14. The highest BCUT2D eigenvalue weighted by Crippen LogP contribution is 2.27. The van der Waals surface area contributed by atoms with Gasteiger partial charge in [-0.2, -0.15) is 0 Å². The van der Waals surface area contributed by atoms with Gasteiger partial charge in [0.25, 0.3) is 11.8 Å². The first-order valence-corrected chi connectivity index (χ1v) is 14.8. The van der Waals surface area contributed by atoms with Crippen LogP contribution in [0.1, 0.15) is 48.2 Å². The molecule has 3 N–H and O–H groups in total. The van der Waals surface area contributed by atoms with Crippen LogP contribution in [0.4, 0.5) is 11.4 Å². The number of nitrogens with one attached hydrogen (secondary N) is 3. The first-order chi connectivity index (χ1) is 20.2. The highest BCUT2D eigenvalue weighted by molar-refractivity contribution is 8.00. The fourth-order valence-corrected chi connectivity index (χ4v) is 5.13. The number of anilines is 2. The van der Waals surface area contributed by atoms with Crippen LogP contribution in [0.2, 0.25) is 5.02 Å². The van der Waals surface area contributed by atoms with E-state index in [1.165, 1.54) is 17.3 Å². The molecule has 1 unspecified atom stereocenters. The Morgan fingerprint density at radius 1 is 0.762 bits per heavy atom. The zero-order valence-corrected chi connectivity index (χ0v) is 25.1. The molecule has 42 heavy (non-hydrogen) atoms. The van der Waals surface area contributed by atoms with Crippen molar-refractivity contribution in [2.75, 3.05) is 10.6 Å². The number of hydrogen-bond acceptors (Lipinski definition) is 4. The molecule has 214 valence electrons. The van der Waals surface area contributed by atoms with Gasteiger partial charge in [0, 0.05) is 26.9 Å². The van der Waals surface area contributed by atoms with Crippen molar-refractivity contribution in [2.45, 2.75) is 36.8 Å². The molecular formula is C34H32ClN3O3S. The van der Waals surface area contributed by atoms with Crippen LogP contribution in [-0.2, 0) is 9.59 Å². The van der Waals surface area contributed by atoms with Crippen molar-refractivity contribution in [2.24, 2.45) is 0 Å². The highest BCUT2D eigenvalue weighted by Gasteiger charge is 2.17. The molecule has 1 atom stereocenters. The maximum absolute atomic E-state index is 13.4. The predicted octanol–water partition coefficient (Wildman–Crippen LogP) is 7.99. The maximum atomic E-state index is 13.4. The van der Waals surface area contributed by atoms with Gasteiger partial charge in [0.15, 0.2) is 0 Å². The molecule has 0 saturated heterocycles. The molecule has 0 fully saturated rings. The van der Waals surface area contributed by atoms with Gasteiger partial charge >= 0.3 is 0 Å². The van der Waals surface area contributed by atoms with Crippen molar-refractivity contribution >= 4 is 58.5 Å². The van der Waals surface area contributed by atoms with Crippen LogP contribution in [0.5, 0.6) is 0 Å². The third kappa shape index (κ3) is 8.83. The van der Waals surface area contributed by atoms with Gasteiger partial charge in [-0.1, -0.05) is 74.0 Å². The van der Waals surface area contributed by atoms with E-state index >= 15 is 0 Å². The summed E-state index contributed by atoms with van der Waals surface area (Å²) in [5.41, 5.74) is 3.61. The monoisotopic (exact) mass is 597 g/mol. The normalized spacial score (nSPS) is 12.0. The lowest BCUT2D eigenvalue weighted by Crippen LogP contribution is -2.30. The first kappa shape index (κ1) is 30.6. The van der Waals surface area contributed by atoms with E-state index < -0.39 is 11.8 Å². The van der Waals surface area contributed by atoms with E-state index in [9.17, 15) is 14.4 Å². The number of benzene rings is 4. The summed E-state index contributed by atoms with van der Waals surface area (Å²) in [6.45, 7) is 6.08. The second kappa shape index (κ2) is 14.5. The summed E-state index contributed by atoms with van der Waals surface area (Å²) in [5.74, 6) is -0.623. The molecule has 0 aliphatic heterocycles. The number of carbonyl (C=O) groups excluding carboxylic acids is 3. The fraction of sp³-hybridized carbons (Fsp3) is 0.147. The second-order valence-electron chi connectivity index (χ2n) is 9.94. The Labute approximate surface area is 255 Å². The van der Waals surface area contributed by atoms with Crippen LogP contribution in [-0.4, -0.2) is 23.0 Å². The maximum Gasteiger partial charge on any atom is 0.272 e. The van der Waals surface area contributed by atoms with E-state index in [1.807, 2.05) is 43.3 Å². The minimum absolute atomic E-state index is 0.0559. The molecule has 8 heteroatoms. The summed E-state index contributed by atoms with van der Waals surface area (Å²) >= 11 is 7.51. The van der Waals surface area contributed by atoms with Gasteiger partial charge < -0.3 is 16.0 Å². The molecular weight excluding hydrogens is 566 g/mol. The third-order valence-corrected chi connectivity index (χ3v) is 7.64. The molecule has 0 aliphatic carbocycles. The number of carbonyl (C=O) groups is 3. The Morgan fingerprint density at radius 3 is 2.17 bits per heavy atom. The Bertz CT molecular complexity index is 1590. The van der Waals surface area contributed by atoms with Crippen molar-refractivity contribution in [1.29, 1.82) is 0 Å². The first-order valence-electron chi connectivity index (χ1n) is 13.5. The highest BCUT2D eigenvalue weighted by atomic mass is 35.5. The zero-order valence-electron chi connectivity index (χ0n) is 23.6. The van der Waals surface area contributed by atoms with Gasteiger partial charge in [-0.15, -0.1) is 11.8 Å². The zero-order chi connectivity index (χ0) is 30.1. The predicted molar refractivity (Wildman–Crippen MR) is 173 cm³/mol. The molecule has 0 bridgehead atoms. The van der Waals surface area contributed by atoms with E-state index in [2.05, 4.69) is 29.8 Å². The van der Waals surface area contributed by atoms with E-state index in [4.69, 9.17) is 11.6 Å². The SMILES string of the molecule is CC(Sc1cccc(NC(=O)/C(=C/c2cccc(Cl)c2)NC(=O)c2ccccc2)c1)C(=O)Nc1ccc(C(C)C)cc1. The topological polar surface area (TPSA) is 87.3 Å². The summed E-state index contributed by atoms with van der Waals surface area (Å²) in [7, 11) is 0. The van der Waals surface area contributed by atoms with Gasteiger partial charge in [0.05, 0.1) is 5.25 Å². The molecule has 6 nitrogen and oxygen atoms in total. The number of amides is 3. The third-order valence-electron chi connectivity index (χ3n) is 6.31. The Morgan fingerprint density at radius 2 is 1.48 bits per heavy atom. The minimum atomic E-state index is -0.503. The summed E-state index contributed by atoms with van der Waals surface area (Å²) < 4.78 is 0. The Hall–Kier alpha value is -4.33. The standard InChI is InChI=1S/C34H32ClN3O3S/c1-22(2)25-15-17-28(18-16-25)36-32(39)23(3)42-30-14-8-13-29(21-30)37-34(41)31(20-24-9-7-12-27(35)19-24)38-33(40)26-10-5-4-6-11-26/h4-23H,1-3H3,(H,36,39)(H,37,41)(H,38,40)/b31-20-. The van der Waals surface area contributed by atoms with Gasteiger partial charge in [0.2, 0.25) is 5.91 Å². The van der Waals surface area contributed by atoms with Crippen molar-refractivity contribution in [3.8, 4) is 0 Å². The van der Waals surface area contributed by atoms with Crippen molar-refractivity contribution in [3.63, 3.8) is 0 Å². The van der Waals surface area contributed by atoms with Gasteiger partial charge in [-0.05, 0) is 84.6 Å². The summed E-state index contributed by atoms with van der Waals surface area (Å²) in [6, 6.07) is 30.7. The number of hydrogen-bond donors (Lipinski definition) is 3. The van der Waals surface area contributed by atoms with Crippen molar-refractivity contribution in [3.05, 3.63) is 131 Å². The molecule has 4 aromatic rings. The van der Waals surface area contributed by atoms with Crippen molar-refractivity contribution < 1.29 is 14.4 Å². The molecule has 0 heterocycles. The van der Waals surface area contributed by atoms with Crippen LogP contribution in [0, 0.1) is 0 Å². The molecule has 4 rings (SSSR count). The van der Waals surface area contributed by atoms with Gasteiger partial charge in [-0.3, -0.25) is 14.4 Å². The lowest BCUT2D eigenvalue weighted by atomic mass is 10.0. The Balaban J connectivity index is 1.45. The number of halogens is 1. The van der Waals surface area contributed by atoms with E-state index in [1.54, 1.807) is 72.8 Å². The summed E-state index contributed by atoms with van der Waals surface area (Å²) in [6.07, 6.45) is 1.57. The van der Waals surface area contributed by atoms with E-state index in [-0.39, 0.29) is 16.9 Å².